The van der Waals surface area contributed by atoms with E-state index < -0.39 is 5.97 Å². The Morgan fingerprint density at radius 3 is 2.83 bits per heavy atom. The van der Waals surface area contributed by atoms with Crippen molar-refractivity contribution in [3.05, 3.63) is 100.0 Å². The van der Waals surface area contributed by atoms with Gasteiger partial charge in [-0.05, 0) is 43.3 Å². The van der Waals surface area contributed by atoms with Gasteiger partial charge in [-0.2, -0.15) is 0 Å². The van der Waals surface area contributed by atoms with Crippen LogP contribution in [0.4, 0.5) is 5.69 Å². The van der Waals surface area contributed by atoms with Crippen LogP contribution in [0.2, 0.25) is 0 Å². The maximum absolute atomic E-state index is 12.6. The van der Waals surface area contributed by atoms with Crippen LogP contribution >= 0.6 is 0 Å². The fraction of sp³-hybridized carbons (Fsp3) is 0.136. The molecule has 4 aromatic rings. The SMILES string of the molecule is Cc1cccc2nc(COC(=O)c3ccccc3NCc3ccco3)cc(=O)n12. The van der Waals surface area contributed by atoms with E-state index >= 15 is 0 Å². The molecule has 0 aliphatic carbocycles. The quantitative estimate of drug-likeness (QED) is 0.508. The van der Waals surface area contributed by atoms with E-state index in [1.165, 1.54) is 10.5 Å². The first-order valence-corrected chi connectivity index (χ1v) is 9.12. The Kier molecular flexibility index (Phi) is 5.11. The lowest BCUT2D eigenvalue weighted by atomic mass is 10.2. The highest BCUT2D eigenvalue weighted by atomic mass is 16.5. The Balaban J connectivity index is 1.49. The van der Waals surface area contributed by atoms with Crippen LogP contribution in [0, 0.1) is 6.92 Å². The molecule has 1 aromatic carbocycles. The summed E-state index contributed by atoms with van der Waals surface area (Å²) in [4.78, 5) is 29.4. The summed E-state index contributed by atoms with van der Waals surface area (Å²) in [5.41, 5.74) is 2.53. The molecular weight excluding hydrogens is 370 g/mol. The number of anilines is 1. The molecule has 0 unspecified atom stereocenters. The van der Waals surface area contributed by atoms with E-state index in [0.29, 0.717) is 29.1 Å². The summed E-state index contributed by atoms with van der Waals surface area (Å²) in [5.74, 6) is 0.253. The zero-order chi connectivity index (χ0) is 20.2. The summed E-state index contributed by atoms with van der Waals surface area (Å²) < 4.78 is 12.2. The second-order valence-corrected chi connectivity index (χ2v) is 6.50. The first-order valence-electron chi connectivity index (χ1n) is 9.12. The highest BCUT2D eigenvalue weighted by molar-refractivity contribution is 5.95. The van der Waals surface area contributed by atoms with Crippen LogP contribution in [0.3, 0.4) is 0 Å². The Morgan fingerprint density at radius 1 is 1.14 bits per heavy atom. The van der Waals surface area contributed by atoms with Crippen molar-refractivity contribution < 1.29 is 13.9 Å². The van der Waals surface area contributed by atoms with Crippen molar-refractivity contribution in [1.82, 2.24) is 9.38 Å². The second kappa shape index (κ2) is 8.02. The van der Waals surface area contributed by atoms with Crippen LogP contribution in [0.1, 0.15) is 27.5 Å². The van der Waals surface area contributed by atoms with Gasteiger partial charge in [-0.1, -0.05) is 18.2 Å². The third-order valence-electron chi connectivity index (χ3n) is 4.46. The van der Waals surface area contributed by atoms with Crippen LogP contribution in [-0.2, 0) is 17.9 Å². The molecule has 0 aliphatic rings. The van der Waals surface area contributed by atoms with Gasteiger partial charge in [-0.25, -0.2) is 9.78 Å². The van der Waals surface area contributed by atoms with Gasteiger partial charge >= 0.3 is 5.97 Å². The average molecular weight is 389 g/mol. The summed E-state index contributed by atoms with van der Waals surface area (Å²) in [6.45, 7) is 2.19. The number of aryl methyl sites for hydroxylation is 1. The van der Waals surface area contributed by atoms with Crippen molar-refractivity contribution in [1.29, 1.82) is 0 Å². The number of benzene rings is 1. The van der Waals surface area contributed by atoms with Crippen molar-refractivity contribution in [2.75, 3.05) is 5.32 Å². The summed E-state index contributed by atoms with van der Waals surface area (Å²) in [5, 5.41) is 3.17. The number of hydrogen-bond acceptors (Lipinski definition) is 6. The molecule has 7 heteroatoms. The van der Waals surface area contributed by atoms with Crippen LogP contribution in [0.25, 0.3) is 5.65 Å². The number of nitrogens with one attached hydrogen (secondary N) is 1. The van der Waals surface area contributed by atoms with Gasteiger partial charge in [-0.15, -0.1) is 0 Å². The maximum atomic E-state index is 12.6. The minimum absolute atomic E-state index is 0.0922. The molecule has 29 heavy (non-hydrogen) atoms. The van der Waals surface area contributed by atoms with Crippen molar-refractivity contribution >= 4 is 17.3 Å². The highest BCUT2D eigenvalue weighted by Crippen LogP contribution is 2.18. The molecule has 0 saturated carbocycles. The smallest absolute Gasteiger partial charge is 0.340 e. The number of ether oxygens (including phenoxy) is 1. The molecule has 0 amide bonds. The first kappa shape index (κ1) is 18.5. The molecule has 146 valence electrons. The fourth-order valence-corrected chi connectivity index (χ4v) is 3.07. The summed E-state index contributed by atoms with van der Waals surface area (Å²) in [6, 6.07) is 17.5. The lowest BCUT2D eigenvalue weighted by Gasteiger charge is -2.11. The summed E-state index contributed by atoms with van der Waals surface area (Å²) >= 11 is 0. The number of nitrogens with zero attached hydrogens (tertiary/aromatic N) is 2. The molecule has 7 nitrogen and oxygen atoms in total. The van der Waals surface area contributed by atoms with Gasteiger partial charge in [-0.3, -0.25) is 9.20 Å². The normalized spacial score (nSPS) is 10.8. The summed E-state index contributed by atoms with van der Waals surface area (Å²) in [6.07, 6.45) is 1.60. The topological polar surface area (TPSA) is 85.8 Å². The number of fused-ring (bicyclic) bond motifs is 1. The third kappa shape index (κ3) is 4.03. The third-order valence-corrected chi connectivity index (χ3v) is 4.46. The van der Waals surface area contributed by atoms with Crippen LogP contribution in [0.5, 0.6) is 0 Å². The second-order valence-electron chi connectivity index (χ2n) is 6.50. The highest BCUT2D eigenvalue weighted by Gasteiger charge is 2.14. The zero-order valence-corrected chi connectivity index (χ0v) is 15.8. The Labute approximate surface area is 166 Å². The lowest BCUT2D eigenvalue weighted by molar-refractivity contribution is 0.0469. The molecule has 0 saturated heterocycles. The molecule has 1 N–H and O–H groups in total. The molecule has 0 atom stereocenters. The predicted octanol–water partition coefficient (Wildman–Crippen LogP) is 3.57. The minimum atomic E-state index is -0.501. The minimum Gasteiger partial charge on any atom is -0.467 e. The number of furan rings is 1. The number of carbonyl (C=O) groups is 1. The number of carbonyl (C=O) groups excluding carboxylic acids is 1. The van der Waals surface area contributed by atoms with E-state index in [4.69, 9.17) is 9.15 Å². The van der Waals surface area contributed by atoms with Crippen LogP contribution in [-0.4, -0.2) is 15.4 Å². The molecule has 4 rings (SSSR count). The number of rotatable bonds is 6. The van der Waals surface area contributed by atoms with E-state index in [-0.39, 0.29) is 12.2 Å². The van der Waals surface area contributed by atoms with Gasteiger partial charge < -0.3 is 14.5 Å². The monoisotopic (exact) mass is 389 g/mol. The van der Waals surface area contributed by atoms with Crippen molar-refractivity contribution in [2.45, 2.75) is 20.1 Å². The zero-order valence-electron chi connectivity index (χ0n) is 15.8. The van der Waals surface area contributed by atoms with E-state index in [0.717, 1.165) is 11.5 Å². The van der Waals surface area contributed by atoms with E-state index in [9.17, 15) is 9.59 Å². The van der Waals surface area contributed by atoms with Gasteiger partial charge in [0.2, 0.25) is 0 Å². The number of aromatic nitrogens is 2. The predicted molar refractivity (Wildman–Crippen MR) is 108 cm³/mol. The molecule has 0 aliphatic heterocycles. The first-order chi connectivity index (χ1) is 14.1. The fourth-order valence-electron chi connectivity index (χ4n) is 3.07. The van der Waals surface area contributed by atoms with Gasteiger partial charge in [0.05, 0.1) is 24.1 Å². The van der Waals surface area contributed by atoms with E-state index in [2.05, 4.69) is 10.3 Å². The molecule has 0 radical (unpaired) electrons. The number of pyridine rings is 1. The standard InChI is InChI=1S/C22H19N3O4/c1-15-6-4-10-20-24-16(12-21(26)25(15)20)14-29-22(27)18-8-2-3-9-19(18)23-13-17-7-5-11-28-17/h2-12,23H,13-14H2,1H3. The van der Waals surface area contributed by atoms with Crippen molar-refractivity contribution in [3.8, 4) is 0 Å². The van der Waals surface area contributed by atoms with Crippen molar-refractivity contribution in [3.63, 3.8) is 0 Å². The van der Waals surface area contributed by atoms with Crippen molar-refractivity contribution in [2.24, 2.45) is 0 Å². The lowest BCUT2D eigenvalue weighted by Crippen LogP contribution is -2.18. The molecular formula is C22H19N3O4. The van der Waals surface area contributed by atoms with Crippen LogP contribution < -0.4 is 10.9 Å². The number of esters is 1. The molecule has 3 aromatic heterocycles. The van der Waals surface area contributed by atoms with E-state index in [1.807, 2.05) is 31.2 Å². The van der Waals surface area contributed by atoms with Gasteiger partial charge in [0, 0.05) is 17.4 Å². The number of para-hydroxylation sites is 1. The summed E-state index contributed by atoms with van der Waals surface area (Å²) in [7, 11) is 0. The Hall–Kier alpha value is -3.87. The molecule has 0 fully saturated rings. The van der Waals surface area contributed by atoms with Gasteiger partial charge in [0.1, 0.15) is 18.0 Å². The average Bonchev–Trinajstić information content (AvgIpc) is 3.24. The van der Waals surface area contributed by atoms with E-state index in [1.54, 1.807) is 36.6 Å². The van der Waals surface area contributed by atoms with Gasteiger partial charge in [0.15, 0.2) is 0 Å². The number of hydrogen-bond donors (Lipinski definition) is 1. The van der Waals surface area contributed by atoms with Crippen LogP contribution in [0.15, 0.2) is 76.1 Å². The largest absolute Gasteiger partial charge is 0.467 e. The molecule has 0 spiro atoms. The molecule has 0 bridgehead atoms. The Morgan fingerprint density at radius 2 is 2.00 bits per heavy atom. The Bertz CT molecular complexity index is 1210. The maximum Gasteiger partial charge on any atom is 0.340 e. The van der Waals surface area contributed by atoms with Gasteiger partial charge in [0.25, 0.3) is 5.56 Å². The molecule has 3 heterocycles.